The van der Waals surface area contributed by atoms with Gasteiger partial charge in [-0.1, -0.05) is 314 Å². The zero-order valence-electron chi connectivity index (χ0n) is 50.6. The zero-order valence-corrected chi connectivity index (χ0v) is 50.6. The molecule has 0 aromatic carbocycles. The Hall–Kier alpha value is -2.37. The zero-order chi connectivity index (χ0) is 54.3. The Morgan fingerprint density at radius 1 is 0.267 bits per heavy atom. The number of allylic oxidation sites excluding steroid dienone is 6. The van der Waals surface area contributed by atoms with Crippen LogP contribution in [0.15, 0.2) is 36.5 Å². The van der Waals surface area contributed by atoms with Crippen LogP contribution in [0.2, 0.25) is 0 Å². The summed E-state index contributed by atoms with van der Waals surface area (Å²) >= 11 is 0. The van der Waals surface area contributed by atoms with E-state index in [0.29, 0.717) is 19.3 Å². The van der Waals surface area contributed by atoms with E-state index >= 15 is 0 Å². The summed E-state index contributed by atoms with van der Waals surface area (Å²) in [6, 6.07) is 0. The molecule has 0 amide bonds. The molecule has 0 aliphatic rings. The maximum absolute atomic E-state index is 12.9. The molecule has 0 rings (SSSR count). The molecule has 0 bridgehead atoms. The van der Waals surface area contributed by atoms with Gasteiger partial charge in [0, 0.05) is 19.3 Å². The van der Waals surface area contributed by atoms with E-state index in [-0.39, 0.29) is 31.1 Å². The van der Waals surface area contributed by atoms with Gasteiger partial charge in [-0.15, -0.1) is 0 Å². The first-order valence-electron chi connectivity index (χ1n) is 33.5. The van der Waals surface area contributed by atoms with E-state index in [9.17, 15) is 14.4 Å². The number of carbonyl (C=O) groups excluding carboxylic acids is 3. The normalized spacial score (nSPS) is 12.2. The minimum Gasteiger partial charge on any atom is -0.462 e. The fourth-order valence-electron chi connectivity index (χ4n) is 10.1. The molecule has 0 saturated carbocycles. The smallest absolute Gasteiger partial charge is 0.306 e. The van der Waals surface area contributed by atoms with Crippen molar-refractivity contribution in [1.29, 1.82) is 0 Å². The molecule has 1 unspecified atom stereocenters. The van der Waals surface area contributed by atoms with E-state index in [1.54, 1.807) is 0 Å². The third kappa shape index (κ3) is 62.4. The molecule has 0 aliphatic carbocycles. The summed E-state index contributed by atoms with van der Waals surface area (Å²) in [6.45, 7) is 6.62. The number of carbonyl (C=O) groups is 3. The van der Waals surface area contributed by atoms with Crippen molar-refractivity contribution in [2.24, 2.45) is 0 Å². The largest absolute Gasteiger partial charge is 0.462 e. The van der Waals surface area contributed by atoms with Crippen LogP contribution in [0.4, 0.5) is 0 Å². The standard InChI is InChI=1S/C69H128O6/c1-4-7-10-13-16-19-22-25-26-27-28-29-30-31-32-33-34-35-36-37-38-39-40-41-42-45-47-50-53-56-59-62-68(71)74-65-66(75-69(72)63-60-57-54-51-48-44-24-21-18-15-12-9-6-3)64-73-67(70)61-58-55-52-49-46-43-23-20-17-14-11-8-5-2/h12,15,21,24,27-28,66H,4-11,13-14,16-20,22-23,25-26,29-65H2,1-3H3/b15-12-,24-21-,28-27-. The molecule has 0 aromatic rings. The average Bonchev–Trinajstić information content (AvgIpc) is 3.41. The molecule has 0 aromatic heterocycles. The highest BCUT2D eigenvalue weighted by atomic mass is 16.6. The Morgan fingerprint density at radius 2 is 0.507 bits per heavy atom. The van der Waals surface area contributed by atoms with E-state index < -0.39 is 6.10 Å². The lowest BCUT2D eigenvalue weighted by Crippen LogP contribution is -2.30. The van der Waals surface area contributed by atoms with Gasteiger partial charge in [-0.2, -0.15) is 0 Å². The monoisotopic (exact) mass is 1050 g/mol. The summed E-state index contributed by atoms with van der Waals surface area (Å²) in [5, 5.41) is 0. The predicted molar refractivity (Wildman–Crippen MR) is 326 cm³/mol. The minimum absolute atomic E-state index is 0.0729. The molecular formula is C69H128O6. The maximum atomic E-state index is 12.9. The van der Waals surface area contributed by atoms with E-state index in [1.165, 1.54) is 238 Å². The Balaban J connectivity index is 4.08. The van der Waals surface area contributed by atoms with Gasteiger partial charge in [0.05, 0.1) is 0 Å². The van der Waals surface area contributed by atoms with Crippen LogP contribution < -0.4 is 0 Å². The van der Waals surface area contributed by atoms with Crippen LogP contribution in [0.5, 0.6) is 0 Å². The number of unbranched alkanes of at least 4 members (excludes halogenated alkanes) is 45. The van der Waals surface area contributed by atoms with Crippen LogP contribution in [0.3, 0.4) is 0 Å². The van der Waals surface area contributed by atoms with Crippen LogP contribution in [0, 0.1) is 0 Å². The van der Waals surface area contributed by atoms with Crippen molar-refractivity contribution in [3.8, 4) is 0 Å². The summed E-state index contributed by atoms with van der Waals surface area (Å²) in [4.78, 5) is 38.2. The van der Waals surface area contributed by atoms with Gasteiger partial charge in [0.25, 0.3) is 0 Å². The van der Waals surface area contributed by atoms with E-state index in [4.69, 9.17) is 14.2 Å². The molecule has 0 radical (unpaired) electrons. The Morgan fingerprint density at radius 3 is 0.800 bits per heavy atom. The highest BCUT2D eigenvalue weighted by Crippen LogP contribution is 2.18. The van der Waals surface area contributed by atoms with Gasteiger partial charge in [0.1, 0.15) is 13.2 Å². The van der Waals surface area contributed by atoms with Crippen LogP contribution >= 0.6 is 0 Å². The second-order valence-corrected chi connectivity index (χ2v) is 22.7. The van der Waals surface area contributed by atoms with Crippen LogP contribution in [0.1, 0.15) is 367 Å². The Bertz CT molecular complexity index is 1250. The first-order chi connectivity index (χ1) is 37.0. The van der Waals surface area contributed by atoms with Gasteiger partial charge in [-0.25, -0.2) is 0 Å². The van der Waals surface area contributed by atoms with Gasteiger partial charge in [0.15, 0.2) is 6.10 Å². The van der Waals surface area contributed by atoms with E-state index in [1.807, 2.05) is 0 Å². The molecule has 0 aliphatic heterocycles. The molecule has 440 valence electrons. The Kier molecular flexibility index (Phi) is 62.1. The summed E-state index contributed by atoms with van der Waals surface area (Å²) in [7, 11) is 0. The van der Waals surface area contributed by atoms with Crippen LogP contribution in [0.25, 0.3) is 0 Å². The van der Waals surface area contributed by atoms with Crippen molar-refractivity contribution in [2.45, 2.75) is 374 Å². The molecule has 0 heterocycles. The van der Waals surface area contributed by atoms with Crippen molar-refractivity contribution in [2.75, 3.05) is 13.2 Å². The number of esters is 3. The third-order valence-electron chi connectivity index (χ3n) is 15.1. The van der Waals surface area contributed by atoms with Gasteiger partial charge in [-0.05, 0) is 70.6 Å². The maximum Gasteiger partial charge on any atom is 0.306 e. The van der Waals surface area contributed by atoms with Crippen molar-refractivity contribution < 1.29 is 28.6 Å². The predicted octanol–water partition coefficient (Wildman–Crippen LogP) is 22.8. The molecule has 6 nitrogen and oxygen atoms in total. The molecule has 1 atom stereocenters. The fourth-order valence-corrected chi connectivity index (χ4v) is 10.1. The quantitative estimate of drug-likeness (QED) is 0.0261. The highest BCUT2D eigenvalue weighted by molar-refractivity contribution is 5.71. The molecule has 0 spiro atoms. The van der Waals surface area contributed by atoms with Crippen molar-refractivity contribution in [1.82, 2.24) is 0 Å². The fraction of sp³-hybridized carbons (Fsp3) is 0.870. The Labute approximate surface area is 467 Å². The molecule has 0 fully saturated rings. The lowest BCUT2D eigenvalue weighted by Gasteiger charge is -2.18. The topological polar surface area (TPSA) is 78.9 Å². The number of ether oxygens (including phenoxy) is 3. The highest BCUT2D eigenvalue weighted by Gasteiger charge is 2.19. The summed E-state index contributed by atoms with van der Waals surface area (Å²) in [6.07, 6.45) is 79.0. The minimum atomic E-state index is -0.776. The number of hydrogen-bond donors (Lipinski definition) is 0. The number of rotatable bonds is 62. The van der Waals surface area contributed by atoms with Gasteiger partial charge in [-0.3, -0.25) is 14.4 Å². The summed E-state index contributed by atoms with van der Waals surface area (Å²) < 4.78 is 16.9. The first-order valence-corrected chi connectivity index (χ1v) is 33.5. The van der Waals surface area contributed by atoms with Crippen molar-refractivity contribution in [3.63, 3.8) is 0 Å². The number of hydrogen-bond acceptors (Lipinski definition) is 6. The molecule has 0 N–H and O–H groups in total. The summed E-state index contributed by atoms with van der Waals surface area (Å²) in [5.41, 5.74) is 0. The SMILES string of the molecule is CCC/C=C\C/C=C\CCCCCCCC(=O)OC(COC(=O)CCCCCCCCCCCCCCC)COC(=O)CCCCCCCCCCCCCCCCCCCCC/C=C\CCCCCCCCCC. The lowest BCUT2D eigenvalue weighted by atomic mass is 10.0. The van der Waals surface area contributed by atoms with Gasteiger partial charge < -0.3 is 14.2 Å². The van der Waals surface area contributed by atoms with Crippen LogP contribution in [-0.2, 0) is 28.6 Å². The second-order valence-electron chi connectivity index (χ2n) is 22.7. The van der Waals surface area contributed by atoms with Crippen LogP contribution in [-0.4, -0.2) is 37.2 Å². The molecule has 75 heavy (non-hydrogen) atoms. The third-order valence-corrected chi connectivity index (χ3v) is 15.1. The van der Waals surface area contributed by atoms with E-state index in [2.05, 4.69) is 57.2 Å². The molecule has 6 heteroatoms. The lowest BCUT2D eigenvalue weighted by molar-refractivity contribution is -0.167. The first kappa shape index (κ1) is 72.6. The second kappa shape index (κ2) is 64.2. The molecular weight excluding hydrogens is 925 g/mol. The van der Waals surface area contributed by atoms with Gasteiger partial charge >= 0.3 is 17.9 Å². The molecule has 0 saturated heterocycles. The van der Waals surface area contributed by atoms with Crippen molar-refractivity contribution in [3.05, 3.63) is 36.5 Å². The average molecular weight is 1050 g/mol. The summed E-state index contributed by atoms with van der Waals surface area (Å²) in [5.74, 6) is -0.864. The van der Waals surface area contributed by atoms with Gasteiger partial charge in [0.2, 0.25) is 0 Å². The van der Waals surface area contributed by atoms with Crippen molar-refractivity contribution >= 4 is 17.9 Å². The van der Waals surface area contributed by atoms with E-state index in [0.717, 1.165) is 89.9 Å².